The third kappa shape index (κ3) is 2.19. The van der Waals surface area contributed by atoms with Crippen LogP contribution in [0.5, 0.6) is 0 Å². The Balaban J connectivity index is 2.52. The van der Waals surface area contributed by atoms with Crippen LogP contribution in [0.25, 0.3) is 11.0 Å². The highest BCUT2D eigenvalue weighted by atomic mass is 35.5. The first-order valence-electron chi connectivity index (χ1n) is 5.18. The van der Waals surface area contributed by atoms with Gasteiger partial charge in [0.1, 0.15) is 5.65 Å². The van der Waals surface area contributed by atoms with Gasteiger partial charge in [-0.05, 0) is 17.5 Å². The van der Waals surface area contributed by atoms with Crippen molar-refractivity contribution in [2.45, 2.75) is 27.3 Å². The molecule has 0 bridgehead atoms. The summed E-state index contributed by atoms with van der Waals surface area (Å²) in [6.07, 6.45) is 1.92. The summed E-state index contributed by atoms with van der Waals surface area (Å²) in [6.45, 7) is 7.25. The van der Waals surface area contributed by atoms with E-state index in [1.165, 1.54) is 6.07 Å². The van der Waals surface area contributed by atoms with Gasteiger partial charge < -0.3 is 4.57 Å². The van der Waals surface area contributed by atoms with E-state index < -0.39 is 5.82 Å². The van der Waals surface area contributed by atoms with Crippen LogP contribution >= 0.6 is 11.6 Å². The molecule has 0 N–H and O–H groups in total. The minimum atomic E-state index is -0.470. The molecule has 0 unspecified atom stereocenters. The van der Waals surface area contributed by atoms with E-state index in [4.69, 9.17) is 11.6 Å². The van der Waals surface area contributed by atoms with Crippen LogP contribution in [0.1, 0.15) is 20.8 Å². The van der Waals surface area contributed by atoms with Crippen LogP contribution in [0.3, 0.4) is 0 Å². The standard InChI is InChI=1S/C12H14ClFN2/c1-12(2,3)7-16-5-4-8-6-9(14)10(13)15-11(8)16/h4-6H,7H2,1-3H3. The summed E-state index contributed by atoms with van der Waals surface area (Å²) in [5, 5.41) is 0.715. The Hall–Kier alpha value is -1.09. The van der Waals surface area contributed by atoms with Gasteiger partial charge >= 0.3 is 0 Å². The van der Waals surface area contributed by atoms with Crippen LogP contribution in [0.4, 0.5) is 4.39 Å². The highest BCUT2D eigenvalue weighted by Gasteiger charge is 2.14. The Morgan fingerprint density at radius 3 is 2.75 bits per heavy atom. The number of halogens is 2. The molecule has 0 spiro atoms. The average Bonchev–Trinajstić information content (AvgIpc) is 2.47. The molecule has 2 aromatic rings. The molecule has 0 aliphatic rings. The lowest BCUT2D eigenvalue weighted by Crippen LogP contribution is -2.15. The normalized spacial score (nSPS) is 12.3. The fourth-order valence-corrected chi connectivity index (χ4v) is 1.84. The first kappa shape index (κ1) is 11.4. The Labute approximate surface area is 99.0 Å². The third-order valence-electron chi connectivity index (χ3n) is 2.29. The first-order valence-corrected chi connectivity index (χ1v) is 5.55. The molecule has 0 fully saturated rings. The Morgan fingerprint density at radius 1 is 1.44 bits per heavy atom. The second-order valence-corrected chi connectivity index (χ2v) is 5.54. The minimum Gasteiger partial charge on any atom is -0.332 e. The van der Waals surface area contributed by atoms with E-state index in [1.807, 2.05) is 16.8 Å². The van der Waals surface area contributed by atoms with E-state index in [0.717, 1.165) is 17.6 Å². The number of fused-ring (bicyclic) bond motifs is 1. The summed E-state index contributed by atoms with van der Waals surface area (Å²) in [4.78, 5) is 4.07. The van der Waals surface area contributed by atoms with Gasteiger partial charge in [0.05, 0.1) is 0 Å². The predicted molar refractivity (Wildman–Crippen MR) is 64.2 cm³/mol. The maximum atomic E-state index is 13.2. The molecule has 0 aromatic carbocycles. The van der Waals surface area contributed by atoms with Gasteiger partial charge in [-0.3, -0.25) is 0 Å². The van der Waals surface area contributed by atoms with Crippen LogP contribution in [0.2, 0.25) is 5.15 Å². The van der Waals surface area contributed by atoms with Gasteiger partial charge in [-0.2, -0.15) is 0 Å². The lowest BCUT2D eigenvalue weighted by atomic mass is 9.97. The summed E-state index contributed by atoms with van der Waals surface area (Å²) in [6, 6.07) is 3.28. The third-order valence-corrected chi connectivity index (χ3v) is 2.56. The summed E-state index contributed by atoms with van der Waals surface area (Å²) in [7, 11) is 0. The minimum absolute atomic E-state index is 0.0682. The summed E-state index contributed by atoms with van der Waals surface area (Å²) in [5.41, 5.74) is 0.885. The van der Waals surface area contributed by atoms with Crippen LogP contribution in [-0.2, 0) is 6.54 Å². The molecule has 0 radical (unpaired) electrons. The van der Waals surface area contributed by atoms with Crippen molar-refractivity contribution in [1.82, 2.24) is 9.55 Å². The second kappa shape index (κ2) is 3.74. The zero-order valence-electron chi connectivity index (χ0n) is 9.59. The maximum absolute atomic E-state index is 13.2. The zero-order chi connectivity index (χ0) is 11.9. The lowest BCUT2D eigenvalue weighted by molar-refractivity contribution is 0.348. The quantitative estimate of drug-likeness (QED) is 0.692. The van der Waals surface area contributed by atoms with Gasteiger partial charge in [0.2, 0.25) is 0 Å². The molecule has 0 saturated heterocycles. The first-order chi connectivity index (χ1) is 7.37. The molecule has 16 heavy (non-hydrogen) atoms. The van der Waals surface area contributed by atoms with Gasteiger partial charge in [0.25, 0.3) is 0 Å². The van der Waals surface area contributed by atoms with E-state index in [9.17, 15) is 4.39 Å². The van der Waals surface area contributed by atoms with E-state index in [-0.39, 0.29) is 10.6 Å². The number of aromatic nitrogens is 2. The highest BCUT2D eigenvalue weighted by molar-refractivity contribution is 6.29. The van der Waals surface area contributed by atoms with Crippen molar-refractivity contribution < 1.29 is 4.39 Å². The fourth-order valence-electron chi connectivity index (χ4n) is 1.70. The smallest absolute Gasteiger partial charge is 0.167 e. The lowest BCUT2D eigenvalue weighted by Gasteiger charge is -2.19. The average molecular weight is 241 g/mol. The molecule has 0 amide bonds. The van der Waals surface area contributed by atoms with Crippen molar-refractivity contribution >= 4 is 22.6 Å². The van der Waals surface area contributed by atoms with Crippen LogP contribution < -0.4 is 0 Å². The number of hydrogen-bond acceptors (Lipinski definition) is 1. The predicted octanol–water partition coefficient (Wildman–Crippen LogP) is 3.87. The molecule has 2 nitrogen and oxygen atoms in total. The molecular weight excluding hydrogens is 227 g/mol. The van der Waals surface area contributed by atoms with E-state index >= 15 is 0 Å². The highest BCUT2D eigenvalue weighted by Crippen LogP contribution is 2.23. The summed E-state index contributed by atoms with van der Waals surface area (Å²) < 4.78 is 15.2. The molecular formula is C12H14ClFN2. The van der Waals surface area contributed by atoms with Gasteiger partial charge in [0.15, 0.2) is 11.0 Å². The van der Waals surface area contributed by atoms with Gasteiger partial charge in [-0.25, -0.2) is 9.37 Å². The Morgan fingerprint density at radius 2 is 2.12 bits per heavy atom. The van der Waals surface area contributed by atoms with Crippen LogP contribution in [0, 0.1) is 11.2 Å². The summed E-state index contributed by atoms with van der Waals surface area (Å²) in [5.74, 6) is -0.470. The van der Waals surface area contributed by atoms with Crippen molar-refractivity contribution in [2.24, 2.45) is 5.41 Å². The van der Waals surface area contributed by atoms with E-state index in [0.29, 0.717) is 0 Å². The zero-order valence-corrected chi connectivity index (χ0v) is 10.3. The molecule has 4 heteroatoms. The van der Waals surface area contributed by atoms with Crippen LogP contribution in [-0.4, -0.2) is 9.55 Å². The summed E-state index contributed by atoms with van der Waals surface area (Å²) >= 11 is 5.69. The molecule has 0 aliphatic carbocycles. The molecule has 2 aromatic heterocycles. The molecule has 2 heterocycles. The second-order valence-electron chi connectivity index (χ2n) is 5.18. The van der Waals surface area contributed by atoms with Crippen LogP contribution in [0.15, 0.2) is 18.3 Å². The van der Waals surface area contributed by atoms with Gasteiger partial charge in [-0.15, -0.1) is 0 Å². The monoisotopic (exact) mass is 240 g/mol. The van der Waals surface area contributed by atoms with Crippen molar-refractivity contribution in [1.29, 1.82) is 0 Å². The Bertz CT molecular complexity index is 526. The largest absolute Gasteiger partial charge is 0.332 e. The van der Waals surface area contributed by atoms with Crippen molar-refractivity contribution in [3.05, 3.63) is 29.3 Å². The molecule has 0 atom stereocenters. The van der Waals surface area contributed by atoms with E-state index in [2.05, 4.69) is 25.8 Å². The van der Waals surface area contributed by atoms with Gasteiger partial charge in [0, 0.05) is 18.1 Å². The number of nitrogens with zero attached hydrogens (tertiary/aromatic N) is 2. The number of rotatable bonds is 1. The topological polar surface area (TPSA) is 17.8 Å². The van der Waals surface area contributed by atoms with E-state index in [1.54, 1.807) is 0 Å². The van der Waals surface area contributed by atoms with Crippen molar-refractivity contribution in [3.8, 4) is 0 Å². The number of pyridine rings is 1. The van der Waals surface area contributed by atoms with Crippen molar-refractivity contribution in [3.63, 3.8) is 0 Å². The van der Waals surface area contributed by atoms with Gasteiger partial charge in [-0.1, -0.05) is 32.4 Å². The maximum Gasteiger partial charge on any atom is 0.167 e. The SMILES string of the molecule is CC(C)(C)Cn1ccc2cc(F)c(Cl)nc21. The fraction of sp³-hybridized carbons (Fsp3) is 0.417. The molecule has 0 aliphatic heterocycles. The molecule has 2 rings (SSSR count). The number of hydrogen-bond donors (Lipinski definition) is 0. The van der Waals surface area contributed by atoms with Crippen molar-refractivity contribution in [2.75, 3.05) is 0 Å². The molecule has 0 saturated carbocycles. The molecule has 86 valence electrons. The Kier molecular flexibility index (Phi) is 2.66.